The molecule has 0 fully saturated rings. The van der Waals surface area contributed by atoms with Crippen molar-refractivity contribution in [3.8, 4) is 0 Å². The van der Waals surface area contributed by atoms with Crippen LogP contribution in [0.25, 0.3) is 0 Å². The normalized spacial score (nSPS) is 12.9. The van der Waals surface area contributed by atoms with Crippen molar-refractivity contribution < 1.29 is 0 Å². The Morgan fingerprint density at radius 2 is 2.29 bits per heavy atom. The van der Waals surface area contributed by atoms with Crippen LogP contribution in [0, 0.1) is 13.8 Å². The molecule has 2 aromatic rings. The van der Waals surface area contributed by atoms with Crippen molar-refractivity contribution in [2.45, 2.75) is 33.4 Å². The van der Waals surface area contributed by atoms with Crippen molar-refractivity contribution >= 4 is 11.3 Å². The standard InChI is InChI=1S/C12H18N4S/c1-9(12-10(2)17-11(3)15-12)14-5-7-16-6-4-13-8-16/h4,6,8-9,14H,5,7H2,1-3H3. The molecule has 5 heteroatoms. The third-order valence-electron chi connectivity index (χ3n) is 2.73. The number of hydrogen-bond acceptors (Lipinski definition) is 4. The molecule has 92 valence electrons. The Bertz CT molecular complexity index is 461. The molecule has 0 saturated heterocycles. The molecule has 0 amide bonds. The minimum absolute atomic E-state index is 0.309. The van der Waals surface area contributed by atoms with E-state index >= 15 is 0 Å². The highest BCUT2D eigenvalue weighted by molar-refractivity contribution is 7.11. The van der Waals surface area contributed by atoms with E-state index in [-0.39, 0.29) is 0 Å². The molecular formula is C12H18N4S. The summed E-state index contributed by atoms with van der Waals surface area (Å²) in [6, 6.07) is 0.309. The maximum atomic E-state index is 4.56. The largest absolute Gasteiger partial charge is 0.336 e. The second-order valence-corrected chi connectivity index (χ2v) is 5.56. The zero-order valence-corrected chi connectivity index (χ0v) is 11.3. The molecule has 2 heterocycles. The van der Waals surface area contributed by atoms with Crippen molar-refractivity contribution in [1.82, 2.24) is 19.9 Å². The van der Waals surface area contributed by atoms with E-state index in [2.05, 4.69) is 40.6 Å². The highest BCUT2D eigenvalue weighted by Gasteiger charge is 2.11. The highest BCUT2D eigenvalue weighted by Crippen LogP contribution is 2.22. The fraction of sp³-hybridized carbons (Fsp3) is 0.500. The zero-order valence-electron chi connectivity index (χ0n) is 10.5. The molecule has 0 radical (unpaired) electrons. The first-order valence-electron chi connectivity index (χ1n) is 5.80. The summed E-state index contributed by atoms with van der Waals surface area (Å²) in [5.41, 5.74) is 1.18. The molecule has 17 heavy (non-hydrogen) atoms. The molecule has 2 aromatic heterocycles. The van der Waals surface area contributed by atoms with Gasteiger partial charge in [-0.25, -0.2) is 9.97 Å². The molecule has 1 N–H and O–H groups in total. The monoisotopic (exact) mass is 250 g/mol. The lowest BCUT2D eigenvalue weighted by atomic mass is 10.2. The molecule has 0 saturated carbocycles. The van der Waals surface area contributed by atoms with E-state index in [0.29, 0.717) is 6.04 Å². The fourth-order valence-corrected chi connectivity index (χ4v) is 2.79. The van der Waals surface area contributed by atoms with Gasteiger partial charge in [-0.05, 0) is 20.8 Å². The number of thiazole rings is 1. The number of aryl methyl sites for hydroxylation is 2. The van der Waals surface area contributed by atoms with Gasteiger partial charge >= 0.3 is 0 Å². The van der Waals surface area contributed by atoms with E-state index in [1.165, 1.54) is 10.6 Å². The van der Waals surface area contributed by atoms with Gasteiger partial charge in [0.2, 0.25) is 0 Å². The second kappa shape index (κ2) is 5.42. The van der Waals surface area contributed by atoms with Gasteiger partial charge in [-0.1, -0.05) is 0 Å². The van der Waals surface area contributed by atoms with Crippen LogP contribution in [0.3, 0.4) is 0 Å². The van der Waals surface area contributed by atoms with E-state index in [1.54, 1.807) is 17.5 Å². The maximum absolute atomic E-state index is 4.56. The molecule has 0 bridgehead atoms. The van der Waals surface area contributed by atoms with Crippen molar-refractivity contribution in [2.24, 2.45) is 0 Å². The lowest BCUT2D eigenvalue weighted by Crippen LogP contribution is -2.23. The van der Waals surface area contributed by atoms with E-state index in [1.807, 2.05) is 12.5 Å². The van der Waals surface area contributed by atoms with Crippen LogP contribution in [-0.4, -0.2) is 21.1 Å². The third kappa shape index (κ3) is 3.14. The van der Waals surface area contributed by atoms with Gasteiger partial charge in [0.15, 0.2) is 0 Å². The van der Waals surface area contributed by atoms with Gasteiger partial charge < -0.3 is 9.88 Å². The Balaban J connectivity index is 1.85. The van der Waals surface area contributed by atoms with Crippen molar-refractivity contribution in [3.63, 3.8) is 0 Å². The van der Waals surface area contributed by atoms with Crippen LogP contribution in [-0.2, 0) is 6.54 Å². The van der Waals surface area contributed by atoms with E-state index in [0.717, 1.165) is 18.1 Å². The Morgan fingerprint density at radius 3 is 2.88 bits per heavy atom. The van der Waals surface area contributed by atoms with Gasteiger partial charge in [-0.3, -0.25) is 0 Å². The summed E-state index contributed by atoms with van der Waals surface area (Å²) in [6.07, 6.45) is 5.62. The summed E-state index contributed by atoms with van der Waals surface area (Å²) in [6.45, 7) is 8.21. The average Bonchev–Trinajstić information content (AvgIpc) is 2.88. The van der Waals surface area contributed by atoms with Crippen molar-refractivity contribution in [2.75, 3.05) is 6.54 Å². The Labute approximate surface area is 106 Å². The summed E-state index contributed by atoms with van der Waals surface area (Å²) in [4.78, 5) is 9.89. The predicted octanol–water partition coefficient (Wildman–Crippen LogP) is 2.31. The van der Waals surface area contributed by atoms with E-state index < -0.39 is 0 Å². The minimum atomic E-state index is 0.309. The fourth-order valence-electron chi connectivity index (χ4n) is 1.87. The Morgan fingerprint density at radius 1 is 1.47 bits per heavy atom. The summed E-state index contributed by atoms with van der Waals surface area (Å²) in [7, 11) is 0. The predicted molar refractivity (Wildman–Crippen MR) is 70.2 cm³/mol. The molecule has 1 atom stereocenters. The van der Waals surface area contributed by atoms with Crippen LogP contribution >= 0.6 is 11.3 Å². The molecule has 1 unspecified atom stereocenters. The zero-order chi connectivity index (χ0) is 12.3. The van der Waals surface area contributed by atoms with Gasteiger partial charge in [0.05, 0.1) is 17.0 Å². The summed E-state index contributed by atoms with van der Waals surface area (Å²) in [5.74, 6) is 0. The first kappa shape index (κ1) is 12.3. The first-order valence-corrected chi connectivity index (χ1v) is 6.61. The van der Waals surface area contributed by atoms with Gasteiger partial charge in [0, 0.05) is 36.4 Å². The van der Waals surface area contributed by atoms with Gasteiger partial charge in [-0.15, -0.1) is 11.3 Å². The second-order valence-electron chi connectivity index (χ2n) is 4.15. The molecule has 0 aliphatic carbocycles. The van der Waals surface area contributed by atoms with Gasteiger partial charge in [0.1, 0.15) is 0 Å². The Hall–Kier alpha value is -1.20. The summed E-state index contributed by atoms with van der Waals surface area (Å²) in [5, 5.41) is 4.63. The number of aromatic nitrogens is 3. The average molecular weight is 250 g/mol. The Kier molecular flexibility index (Phi) is 3.91. The maximum Gasteiger partial charge on any atom is 0.0946 e. The van der Waals surface area contributed by atoms with E-state index in [9.17, 15) is 0 Å². The number of rotatable bonds is 5. The molecular weight excluding hydrogens is 232 g/mol. The molecule has 0 aliphatic heterocycles. The van der Waals surface area contributed by atoms with Crippen LogP contribution in [0.4, 0.5) is 0 Å². The van der Waals surface area contributed by atoms with Crippen LogP contribution in [0.1, 0.15) is 28.5 Å². The number of imidazole rings is 1. The molecule has 4 nitrogen and oxygen atoms in total. The smallest absolute Gasteiger partial charge is 0.0946 e. The molecule has 0 aromatic carbocycles. The number of nitrogens with zero attached hydrogens (tertiary/aromatic N) is 3. The quantitative estimate of drug-likeness (QED) is 0.885. The van der Waals surface area contributed by atoms with Gasteiger partial charge in [-0.2, -0.15) is 0 Å². The first-order chi connectivity index (χ1) is 8.16. The summed E-state index contributed by atoms with van der Waals surface area (Å²) < 4.78 is 2.07. The van der Waals surface area contributed by atoms with Crippen LogP contribution in [0.2, 0.25) is 0 Å². The topological polar surface area (TPSA) is 42.7 Å². The SMILES string of the molecule is Cc1nc(C(C)NCCn2ccnc2)c(C)s1. The van der Waals surface area contributed by atoms with E-state index in [4.69, 9.17) is 0 Å². The minimum Gasteiger partial charge on any atom is -0.336 e. The number of hydrogen-bond donors (Lipinski definition) is 1. The summed E-state index contributed by atoms with van der Waals surface area (Å²) >= 11 is 1.76. The lowest BCUT2D eigenvalue weighted by Gasteiger charge is -2.12. The highest BCUT2D eigenvalue weighted by atomic mass is 32.1. The molecule has 0 aliphatic rings. The number of nitrogens with one attached hydrogen (secondary N) is 1. The van der Waals surface area contributed by atoms with Crippen molar-refractivity contribution in [3.05, 3.63) is 34.3 Å². The molecule has 0 spiro atoms. The van der Waals surface area contributed by atoms with Crippen LogP contribution < -0.4 is 5.32 Å². The van der Waals surface area contributed by atoms with Crippen LogP contribution in [0.5, 0.6) is 0 Å². The van der Waals surface area contributed by atoms with Gasteiger partial charge in [0.25, 0.3) is 0 Å². The van der Waals surface area contributed by atoms with Crippen molar-refractivity contribution in [1.29, 1.82) is 0 Å². The third-order valence-corrected chi connectivity index (χ3v) is 3.63. The van der Waals surface area contributed by atoms with Crippen LogP contribution in [0.15, 0.2) is 18.7 Å². The lowest BCUT2D eigenvalue weighted by molar-refractivity contribution is 0.522. The molecule has 2 rings (SSSR count).